The van der Waals surface area contributed by atoms with Gasteiger partial charge in [0.05, 0.1) is 6.20 Å². The van der Waals surface area contributed by atoms with Crippen molar-refractivity contribution in [2.24, 2.45) is 0 Å². The van der Waals surface area contributed by atoms with Crippen LogP contribution in [-0.2, 0) is 5.72 Å². The molecule has 2 aromatic heterocycles. The number of hydrogen-bond acceptors (Lipinski definition) is 3. The van der Waals surface area contributed by atoms with Gasteiger partial charge in [-0.2, -0.15) is 5.10 Å². The van der Waals surface area contributed by atoms with Gasteiger partial charge in [0.2, 0.25) is 0 Å². The van der Waals surface area contributed by atoms with Crippen molar-refractivity contribution in [3.05, 3.63) is 23.1 Å². The zero-order valence-electron chi connectivity index (χ0n) is 9.43. The maximum absolute atomic E-state index is 10.6. The van der Waals surface area contributed by atoms with E-state index in [4.69, 9.17) is 0 Å². The van der Waals surface area contributed by atoms with Gasteiger partial charge in [-0.3, -0.25) is 0 Å². The molecule has 4 nitrogen and oxygen atoms in total. The summed E-state index contributed by atoms with van der Waals surface area (Å²) in [7, 11) is 0. The van der Waals surface area contributed by atoms with Crippen molar-refractivity contribution in [1.82, 2.24) is 14.8 Å². The smallest absolute Gasteiger partial charge is 0.157 e. The molecule has 0 saturated heterocycles. The van der Waals surface area contributed by atoms with Crippen molar-refractivity contribution >= 4 is 26.8 Å². The van der Waals surface area contributed by atoms with E-state index in [0.29, 0.717) is 0 Å². The quantitative estimate of drug-likeness (QED) is 0.823. The molecule has 2 heterocycles. The van der Waals surface area contributed by atoms with Gasteiger partial charge in [0.15, 0.2) is 5.72 Å². The molecule has 1 saturated carbocycles. The molecule has 0 bridgehead atoms. The number of halogens is 1. The molecule has 17 heavy (non-hydrogen) atoms. The molecule has 0 aromatic carbocycles. The molecule has 1 N–H and O–H groups in total. The van der Waals surface area contributed by atoms with Gasteiger partial charge in [0, 0.05) is 11.6 Å². The number of pyridine rings is 1. The fraction of sp³-hybridized carbons (Fsp3) is 0.500. The molecule has 90 valence electrons. The first kappa shape index (κ1) is 11.2. The van der Waals surface area contributed by atoms with Crippen LogP contribution in [0.3, 0.4) is 0 Å². The summed E-state index contributed by atoms with van der Waals surface area (Å²) in [5.74, 6) is 0. The monoisotopic (exact) mass is 295 g/mol. The Morgan fingerprint density at radius 2 is 2.06 bits per heavy atom. The lowest BCUT2D eigenvalue weighted by Gasteiger charge is -2.32. The second-order valence-electron chi connectivity index (χ2n) is 4.68. The first-order valence-corrected chi connectivity index (χ1v) is 6.70. The Hall–Kier alpha value is -0.940. The van der Waals surface area contributed by atoms with Crippen LogP contribution >= 0.6 is 15.9 Å². The summed E-state index contributed by atoms with van der Waals surface area (Å²) in [4.78, 5) is 4.15. The summed E-state index contributed by atoms with van der Waals surface area (Å²) in [5.41, 5.74) is 0.0243. The first-order chi connectivity index (χ1) is 8.17. The van der Waals surface area contributed by atoms with E-state index >= 15 is 0 Å². The van der Waals surface area contributed by atoms with E-state index in [1.807, 2.05) is 12.3 Å². The van der Waals surface area contributed by atoms with E-state index < -0.39 is 5.72 Å². The van der Waals surface area contributed by atoms with Gasteiger partial charge >= 0.3 is 0 Å². The van der Waals surface area contributed by atoms with Crippen LogP contribution < -0.4 is 0 Å². The summed E-state index contributed by atoms with van der Waals surface area (Å²) in [5, 5.41) is 16.0. The van der Waals surface area contributed by atoms with Gasteiger partial charge in [-0.15, -0.1) is 0 Å². The SMILES string of the molecule is OC1(n2cc3cc(Br)ncc3n2)CCCCC1. The van der Waals surface area contributed by atoms with Crippen molar-refractivity contribution in [2.75, 3.05) is 0 Å². The van der Waals surface area contributed by atoms with Crippen molar-refractivity contribution < 1.29 is 5.11 Å². The Balaban J connectivity index is 2.05. The highest BCUT2D eigenvalue weighted by molar-refractivity contribution is 9.10. The van der Waals surface area contributed by atoms with Crippen LogP contribution in [0.25, 0.3) is 10.9 Å². The van der Waals surface area contributed by atoms with Gasteiger partial charge in [0.25, 0.3) is 0 Å². The Labute approximate surface area is 108 Å². The molecule has 1 aliphatic carbocycles. The normalized spacial score (nSPS) is 19.6. The third kappa shape index (κ3) is 1.98. The number of rotatable bonds is 1. The predicted octanol–water partition coefficient (Wildman–Crippen LogP) is 2.80. The van der Waals surface area contributed by atoms with Gasteiger partial charge in [-0.1, -0.05) is 6.42 Å². The average molecular weight is 296 g/mol. The van der Waals surface area contributed by atoms with E-state index in [1.54, 1.807) is 10.9 Å². The van der Waals surface area contributed by atoms with Crippen molar-refractivity contribution in [2.45, 2.75) is 37.8 Å². The highest BCUT2D eigenvalue weighted by Crippen LogP contribution is 2.33. The number of fused-ring (bicyclic) bond motifs is 1. The number of nitrogens with zero attached hydrogens (tertiary/aromatic N) is 3. The van der Waals surface area contributed by atoms with Gasteiger partial charge in [0.1, 0.15) is 10.1 Å². The van der Waals surface area contributed by atoms with E-state index in [-0.39, 0.29) is 0 Å². The van der Waals surface area contributed by atoms with E-state index in [1.165, 1.54) is 6.42 Å². The van der Waals surface area contributed by atoms with Crippen molar-refractivity contribution in [3.63, 3.8) is 0 Å². The molecule has 3 rings (SSSR count). The molecule has 0 aliphatic heterocycles. The fourth-order valence-corrected chi connectivity index (χ4v) is 2.81. The Bertz CT molecular complexity index is 546. The lowest BCUT2D eigenvalue weighted by Crippen LogP contribution is -2.35. The Kier molecular flexibility index (Phi) is 2.67. The van der Waals surface area contributed by atoms with Crippen LogP contribution in [0.15, 0.2) is 23.1 Å². The molecule has 2 aromatic rings. The van der Waals surface area contributed by atoms with Gasteiger partial charge in [-0.25, -0.2) is 9.67 Å². The Morgan fingerprint density at radius 1 is 1.29 bits per heavy atom. The summed E-state index contributed by atoms with van der Waals surface area (Å²) in [6.45, 7) is 0. The number of aromatic nitrogens is 3. The standard InChI is InChI=1S/C12H14BrN3O/c13-11-6-9-8-16(15-10(9)7-14-11)12(17)4-2-1-3-5-12/h6-8,17H,1-5H2. The molecule has 1 aliphatic rings. The fourth-order valence-electron chi connectivity index (χ4n) is 2.46. The van der Waals surface area contributed by atoms with Crippen LogP contribution in [0.5, 0.6) is 0 Å². The average Bonchev–Trinajstić information content (AvgIpc) is 2.73. The minimum absolute atomic E-state index is 0.787. The minimum atomic E-state index is -0.802. The van der Waals surface area contributed by atoms with Gasteiger partial charge in [-0.05, 0) is 47.7 Å². The zero-order valence-corrected chi connectivity index (χ0v) is 11.0. The molecule has 1 fully saturated rings. The minimum Gasteiger partial charge on any atom is -0.369 e. The van der Waals surface area contributed by atoms with Crippen molar-refractivity contribution in [3.8, 4) is 0 Å². The molecule has 0 atom stereocenters. The van der Waals surface area contributed by atoms with Crippen LogP contribution in [0, 0.1) is 0 Å². The van der Waals surface area contributed by atoms with E-state index in [0.717, 1.165) is 41.2 Å². The summed E-state index contributed by atoms with van der Waals surface area (Å²) in [6, 6.07) is 1.92. The molecular weight excluding hydrogens is 282 g/mol. The maximum Gasteiger partial charge on any atom is 0.157 e. The lowest BCUT2D eigenvalue weighted by atomic mass is 9.92. The lowest BCUT2D eigenvalue weighted by molar-refractivity contribution is -0.0790. The third-order valence-electron chi connectivity index (χ3n) is 3.44. The van der Waals surface area contributed by atoms with Crippen LogP contribution in [0.4, 0.5) is 0 Å². The van der Waals surface area contributed by atoms with Crippen LogP contribution in [0.2, 0.25) is 0 Å². The second kappa shape index (κ2) is 4.07. The first-order valence-electron chi connectivity index (χ1n) is 5.91. The summed E-state index contributed by atoms with van der Waals surface area (Å²) < 4.78 is 2.51. The highest BCUT2D eigenvalue weighted by Gasteiger charge is 2.31. The Morgan fingerprint density at radius 3 is 2.82 bits per heavy atom. The zero-order chi connectivity index (χ0) is 11.9. The van der Waals surface area contributed by atoms with Crippen molar-refractivity contribution in [1.29, 1.82) is 0 Å². The number of aliphatic hydroxyl groups is 1. The van der Waals surface area contributed by atoms with Crippen LogP contribution in [-0.4, -0.2) is 19.9 Å². The third-order valence-corrected chi connectivity index (χ3v) is 3.87. The molecule has 0 spiro atoms. The van der Waals surface area contributed by atoms with E-state index in [9.17, 15) is 5.11 Å². The number of hydrogen-bond donors (Lipinski definition) is 1. The molecule has 5 heteroatoms. The molecule has 0 radical (unpaired) electrons. The second-order valence-corrected chi connectivity index (χ2v) is 5.50. The van der Waals surface area contributed by atoms with E-state index in [2.05, 4.69) is 26.0 Å². The maximum atomic E-state index is 10.6. The topological polar surface area (TPSA) is 50.9 Å². The summed E-state index contributed by atoms with van der Waals surface area (Å²) in [6.07, 6.45) is 8.54. The van der Waals surface area contributed by atoms with Crippen LogP contribution in [0.1, 0.15) is 32.1 Å². The molecular formula is C12H14BrN3O. The van der Waals surface area contributed by atoms with Gasteiger partial charge < -0.3 is 5.11 Å². The highest BCUT2D eigenvalue weighted by atomic mass is 79.9. The molecule has 0 unspecified atom stereocenters. The largest absolute Gasteiger partial charge is 0.369 e. The predicted molar refractivity (Wildman–Crippen MR) is 68.5 cm³/mol. The molecule has 0 amide bonds. The summed E-state index contributed by atoms with van der Waals surface area (Å²) >= 11 is 3.34.